The first-order valence-corrected chi connectivity index (χ1v) is 7.21. The van der Waals surface area contributed by atoms with Crippen LogP contribution in [0, 0.1) is 0 Å². The fraction of sp³-hybridized carbons (Fsp3) is 0.143. The van der Waals surface area contributed by atoms with Gasteiger partial charge in [-0.05, 0) is 31.2 Å². The molecule has 1 amide bonds. The quantitative estimate of drug-likeness (QED) is 0.645. The van der Waals surface area contributed by atoms with Crippen LogP contribution in [0.25, 0.3) is 0 Å². The maximum absolute atomic E-state index is 12.0. The number of halogens is 3. The molecule has 2 rings (SSSR count). The molecule has 1 atom stereocenters. The lowest BCUT2D eigenvalue weighted by Gasteiger charge is -2.14. The molecule has 0 fully saturated rings. The number of esters is 1. The van der Waals surface area contributed by atoms with Gasteiger partial charge in [0.2, 0.25) is 5.76 Å². The molecule has 116 valence electrons. The molecule has 0 aliphatic rings. The van der Waals surface area contributed by atoms with Crippen molar-refractivity contribution in [1.29, 1.82) is 0 Å². The van der Waals surface area contributed by atoms with Crippen molar-refractivity contribution < 1.29 is 18.7 Å². The molecule has 0 saturated heterocycles. The summed E-state index contributed by atoms with van der Waals surface area (Å²) in [6.07, 6.45) is 0.278. The first kappa shape index (κ1) is 16.7. The molecule has 1 N–H and O–H groups in total. The van der Waals surface area contributed by atoms with E-state index in [2.05, 4.69) is 5.32 Å². The first-order valence-electron chi connectivity index (χ1n) is 6.08. The van der Waals surface area contributed by atoms with E-state index in [1.54, 1.807) is 0 Å². The van der Waals surface area contributed by atoms with Crippen LogP contribution >= 0.6 is 34.8 Å². The molecule has 2 aromatic rings. The molecule has 0 aliphatic heterocycles. The Balaban J connectivity index is 2.03. The molecule has 22 heavy (non-hydrogen) atoms. The normalized spacial score (nSPS) is 11.8. The highest BCUT2D eigenvalue weighted by Crippen LogP contribution is 2.32. The summed E-state index contributed by atoms with van der Waals surface area (Å²) < 4.78 is 9.86. The lowest BCUT2D eigenvalue weighted by Crippen LogP contribution is -2.30. The number of amides is 1. The van der Waals surface area contributed by atoms with Crippen LogP contribution < -0.4 is 5.32 Å². The molecule has 1 aromatic carbocycles. The van der Waals surface area contributed by atoms with E-state index in [0.717, 1.165) is 0 Å². The number of carbonyl (C=O) groups is 2. The second kappa shape index (κ2) is 7.05. The number of nitrogens with one attached hydrogen (secondary N) is 1. The van der Waals surface area contributed by atoms with Crippen molar-refractivity contribution in [2.75, 3.05) is 5.32 Å². The van der Waals surface area contributed by atoms with Gasteiger partial charge in [0.15, 0.2) is 6.10 Å². The SMILES string of the molecule is CC(OC(=O)c1ccco1)C(=O)Nc1cc(Cl)c(Cl)cc1Cl. The van der Waals surface area contributed by atoms with Crippen molar-refractivity contribution in [3.05, 3.63) is 51.4 Å². The van der Waals surface area contributed by atoms with Gasteiger partial charge in [0.05, 0.1) is 27.0 Å². The molecule has 1 heterocycles. The monoisotopic (exact) mass is 361 g/mol. The summed E-state index contributed by atoms with van der Waals surface area (Å²) in [6, 6.07) is 5.78. The van der Waals surface area contributed by atoms with Crippen LogP contribution in [-0.2, 0) is 9.53 Å². The number of anilines is 1. The van der Waals surface area contributed by atoms with Gasteiger partial charge in [-0.1, -0.05) is 34.8 Å². The van der Waals surface area contributed by atoms with Crippen molar-refractivity contribution in [3.63, 3.8) is 0 Å². The minimum Gasteiger partial charge on any atom is -0.457 e. The molecule has 0 aliphatic carbocycles. The van der Waals surface area contributed by atoms with Crippen LogP contribution in [0.4, 0.5) is 5.69 Å². The van der Waals surface area contributed by atoms with E-state index in [0.29, 0.717) is 0 Å². The summed E-state index contributed by atoms with van der Waals surface area (Å²) in [5, 5.41) is 3.23. The van der Waals surface area contributed by atoms with Crippen LogP contribution in [0.2, 0.25) is 15.1 Å². The third-order valence-electron chi connectivity index (χ3n) is 2.64. The number of hydrogen-bond donors (Lipinski definition) is 1. The Bertz CT molecular complexity index is 700. The maximum Gasteiger partial charge on any atom is 0.374 e. The van der Waals surface area contributed by atoms with Crippen molar-refractivity contribution >= 4 is 52.4 Å². The molecule has 0 saturated carbocycles. The number of furan rings is 1. The highest BCUT2D eigenvalue weighted by Gasteiger charge is 2.21. The zero-order valence-electron chi connectivity index (χ0n) is 11.2. The zero-order chi connectivity index (χ0) is 16.3. The van der Waals surface area contributed by atoms with Crippen LogP contribution in [0.3, 0.4) is 0 Å². The molecule has 1 aromatic heterocycles. The van der Waals surface area contributed by atoms with Crippen molar-refractivity contribution in [3.8, 4) is 0 Å². The summed E-state index contributed by atoms with van der Waals surface area (Å²) in [4.78, 5) is 23.7. The fourth-order valence-electron chi connectivity index (χ4n) is 1.52. The van der Waals surface area contributed by atoms with E-state index in [4.69, 9.17) is 44.0 Å². The van der Waals surface area contributed by atoms with E-state index in [9.17, 15) is 9.59 Å². The molecule has 0 radical (unpaired) electrons. The largest absolute Gasteiger partial charge is 0.457 e. The molecule has 0 bridgehead atoms. The number of carbonyl (C=O) groups excluding carboxylic acids is 2. The Hall–Kier alpha value is -1.69. The van der Waals surface area contributed by atoms with E-state index >= 15 is 0 Å². The predicted molar refractivity (Wildman–Crippen MR) is 83.7 cm³/mol. The minimum atomic E-state index is -1.05. The number of benzene rings is 1. The van der Waals surface area contributed by atoms with Gasteiger partial charge in [-0.2, -0.15) is 0 Å². The third kappa shape index (κ3) is 3.94. The van der Waals surface area contributed by atoms with E-state index in [-0.39, 0.29) is 26.5 Å². The first-order chi connectivity index (χ1) is 10.4. The van der Waals surface area contributed by atoms with Crippen LogP contribution in [0.5, 0.6) is 0 Å². The summed E-state index contributed by atoms with van der Waals surface area (Å²) in [5.41, 5.74) is 0.266. The van der Waals surface area contributed by atoms with Crippen LogP contribution in [-0.4, -0.2) is 18.0 Å². The predicted octanol–water partition coefficient (Wildman–Crippen LogP) is 4.42. The maximum atomic E-state index is 12.0. The van der Waals surface area contributed by atoms with Crippen molar-refractivity contribution in [1.82, 2.24) is 0 Å². The smallest absolute Gasteiger partial charge is 0.374 e. The van der Waals surface area contributed by atoms with Gasteiger partial charge in [0.25, 0.3) is 5.91 Å². The lowest BCUT2D eigenvalue weighted by molar-refractivity contribution is -0.123. The highest BCUT2D eigenvalue weighted by molar-refractivity contribution is 6.44. The molecule has 8 heteroatoms. The summed E-state index contributed by atoms with van der Waals surface area (Å²) in [7, 11) is 0. The molecular formula is C14H10Cl3NO4. The second-order valence-electron chi connectivity index (χ2n) is 4.26. The Labute approximate surface area is 141 Å². The summed E-state index contributed by atoms with van der Waals surface area (Å²) >= 11 is 17.6. The Morgan fingerprint density at radius 3 is 2.50 bits per heavy atom. The van der Waals surface area contributed by atoms with Gasteiger partial charge in [0, 0.05) is 0 Å². The minimum absolute atomic E-state index is 0.00668. The summed E-state index contributed by atoms with van der Waals surface area (Å²) in [6.45, 7) is 1.42. The van der Waals surface area contributed by atoms with Crippen molar-refractivity contribution in [2.24, 2.45) is 0 Å². The molecule has 0 spiro atoms. The summed E-state index contributed by atoms with van der Waals surface area (Å²) in [5.74, 6) is -1.31. The average Bonchev–Trinajstić information content (AvgIpc) is 2.98. The van der Waals surface area contributed by atoms with Crippen LogP contribution in [0.15, 0.2) is 34.9 Å². The second-order valence-corrected chi connectivity index (χ2v) is 5.48. The van der Waals surface area contributed by atoms with Gasteiger partial charge in [-0.25, -0.2) is 4.79 Å². The number of ether oxygens (including phenoxy) is 1. The molecule has 5 nitrogen and oxygen atoms in total. The van der Waals surface area contributed by atoms with Crippen molar-refractivity contribution in [2.45, 2.75) is 13.0 Å². The van der Waals surface area contributed by atoms with Gasteiger partial charge in [-0.15, -0.1) is 0 Å². The fourth-order valence-corrected chi connectivity index (χ4v) is 2.11. The number of hydrogen-bond acceptors (Lipinski definition) is 4. The van der Waals surface area contributed by atoms with E-state index < -0.39 is 18.0 Å². The van der Waals surface area contributed by atoms with Gasteiger partial charge >= 0.3 is 5.97 Å². The third-order valence-corrected chi connectivity index (χ3v) is 3.68. The van der Waals surface area contributed by atoms with E-state index in [1.807, 2.05) is 0 Å². The van der Waals surface area contributed by atoms with Crippen LogP contribution in [0.1, 0.15) is 17.5 Å². The molecular weight excluding hydrogens is 353 g/mol. The zero-order valence-corrected chi connectivity index (χ0v) is 13.5. The average molecular weight is 363 g/mol. The Morgan fingerprint density at radius 2 is 1.86 bits per heavy atom. The highest BCUT2D eigenvalue weighted by atomic mass is 35.5. The van der Waals surface area contributed by atoms with E-state index in [1.165, 1.54) is 37.5 Å². The Kier molecular flexibility index (Phi) is 5.34. The number of rotatable bonds is 4. The van der Waals surface area contributed by atoms with Gasteiger partial charge in [0.1, 0.15) is 0 Å². The standard InChI is InChI=1S/C14H10Cl3NO4/c1-7(22-14(20)12-3-2-4-21-12)13(19)18-11-6-9(16)8(15)5-10(11)17/h2-7H,1H3,(H,18,19). The Morgan fingerprint density at radius 1 is 1.18 bits per heavy atom. The lowest BCUT2D eigenvalue weighted by atomic mass is 10.3. The van der Waals surface area contributed by atoms with Gasteiger partial charge in [-0.3, -0.25) is 4.79 Å². The topological polar surface area (TPSA) is 68.5 Å². The molecule has 1 unspecified atom stereocenters. The van der Waals surface area contributed by atoms with Gasteiger partial charge < -0.3 is 14.5 Å².